The zero-order valence-corrected chi connectivity index (χ0v) is 9.26. The lowest BCUT2D eigenvalue weighted by Gasteiger charge is -2.16. The van der Waals surface area contributed by atoms with Crippen molar-refractivity contribution in [3.8, 4) is 6.07 Å². The molecule has 0 radical (unpaired) electrons. The molecule has 0 aromatic carbocycles. The van der Waals surface area contributed by atoms with Gasteiger partial charge < -0.3 is 9.64 Å². The Morgan fingerprint density at radius 2 is 2.44 bits per heavy atom. The van der Waals surface area contributed by atoms with Crippen LogP contribution in [0.2, 0.25) is 0 Å². The molecule has 16 heavy (non-hydrogen) atoms. The van der Waals surface area contributed by atoms with Crippen LogP contribution in [0.15, 0.2) is 12.4 Å². The molecule has 0 bridgehead atoms. The van der Waals surface area contributed by atoms with E-state index >= 15 is 0 Å². The van der Waals surface area contributed by atoms with Gasteiger partial charge in [-0.05, 0) is 6.42 Å². The Labute approximate surface area is 94.7 Å². The van der Waals surface area contributed by atoms with Crippen molar-refractivity contribution in [3.63, 3.8) is 0 Å². The summed E-state index contributed by atoms with van der Waals surface area (Å²) in [5, 5.41) is 8.62. The number of nitrogens with zero attached hydrogens (tertiary/aromatic N) is 4. The molecule has 0 spiro atoms. The molecule has 1 aliphatic heterocycles. The fourth-order valence-corrected chi connectivity index (χ4v) is 1.95. The third-order valence-corrected chi connectivity index (χ3v) is 2.76. The highest BCUT2D eigenvalue weighted by Gasteiger charge is 2.23. The number of aromatic nitrogens is 2. The number of hydrogen-bond donors (Lipinski definition) is 0. The summed E-state index contributed by atoms with van der Waals surface area (Å²) in [5.74, 6) is 1.42. The van der Waals surface area contributed by atoms with E-state index in [-0.39, 0.29) is 0 Å². The normalized spacial score (nSPS) is 19.8. The molecule has 0 saturated carbocycles. The Morgan fingerprint density at radius 1 is 1.56 bits per heavy atom. The molecule has 5 nitrogen and oxygen atoms in total. The Morgan fingerprint density at radius 3 is 3.06 bits per heavy atom. The Bertz CT molecular complexity index is 384. The molecule has 1 unspecified atom stereocenters. The quantitative estimate of drug-likeness (QED) is 0.751. The van der Waals surface area contributed by atoms with Crippen molar-refractivity contribution < 1.29 is 4.74 Å². The van der Waals surface area contributed by atoms with Crippen LogP contribution >= 0.6 is 0 Å². The Kier molecular flexibility index (Phi) is 3.32. The lowest BCUT2D eigenvalue weighted by Crippen LogP contribution is -2.22. The van der Waals surface area contributed by atoms with Crippen molar-refractivity contribution in [1.82, 2.24) is 9.97 Å². The monoisotopic (exact) mass is 218 g/mol. The number of methoxy groups -OCH3 is 1. The van der Waals surface area contributed by atoms with Crippen LogP contribution < -0.4 is 4.90 Å². The van der Waals surface area contributed by atoms with Crippen LogP contribution in [0.25, 0.3) is 0 Å². The fraction of sp³-hybridized carbons (Fsp3) is 0.545. The molecule has 1 aliphatic rings. The van der Waals surface area contributed by atoms with Crippen LogP contribution in [0, 0.1) is 17.2 Å². The molecule has 1 fully saturated rings. The maximum absolute atomic E-state index is 8.62. The van der Waals surface area contributed by atoms with Crippen LogP contribution in [0.1, 0.15) is 12.1 Å². The molecule has 1 saturated heterocycles. The predicted molar refractivity (Wildman–Crippen MR) is 58.9 cm³/mol. The zero-order chi connectivity index (χ0) is 11.4. The number of ether oxygens (including phenoxy) is 1. The highest BCUT2D eigenvalue weighted by atomic mass is 16.5. The van der Waals surface area contributed by atoms with E-state index in [0.717, 1.165) is 31.9 Å². The van der Waals surface area contributed by atoms with Crippen LogP contribution in [-0.4, -0.2) is 36.8 Å². The summed E-state index contributed by atoms with van der Waals surface area (Å²) in [5.41, 5.74) is 0.358. The summed E-state index contributed by atoms with van der Waals surface area (Å²) in [6, 6.07) is 1.96. The Balaban J connectivity index is 2.00. The summed E-state index contributed by atoms with van der Waals surface area (Å²) in [7, 11) is 1.73. The van der Waals surface area contributed by atoms with Crippen molar-refractivity contribution in [1.29, 1.82) is 5.26 Å². The minimum Gasteiger partial charge on any atom is -0.384 e. The third kappa shape index (κ3) is 2.28. The topological polar surface area (TPSA) is 62.0 Å². The number of rotatable bonds is 3. The molecular weight excluding hydrogens is 204 g/mol. The van der Waals surface area contributed by atoms with Gasteiger partial charge in [0.2, 0.25) is 0 Å². The molecule has 0 aliphatic carbocycles. The zero-order valence-electron chi connectivity index (χ0n) is 9.26. The SMILES string of the molecule is COCC1CCN(c2cnc(C#N)cn2)C1. The van der Waals surface area contributed by atoms with E-state index in [1.54, 1.807) is 13.3 Å². The highest BCUT2D eigenvalue weighted by molar-refractivity contribution is 5.38. The predicted octanol–water partition coefficient (Wildman–Crippen LogP) is 0.821. The van der Waals surface area contributed by atoms with E-state index in [1.165, 1.54) is 6.20 Å². The van der Waals surface area contributed by atoms with Crippen molar-refractivity contribution in [3.05, 3.63) is 18.1 Å². The molecule has 1 atom stereocenters. The molecule has 5 heteroatoms. The van der Waals surface area contributed by atoms with Crippen LogP contribution in [0.5, 0.6) is 0 Å². The molecule has 84 valence electrons. The van der Waals surface area contributed by atoms with Crippen molar-refractivity contribution >= 4 is 5.82 Å². The first-order chi connectivity index (χ1) is 7.83. The van der Waals surface area contributed by atoms with Crippen molar-refractivity contribution in [2.45, 2.75) is 6.42 Å². The first kappa shape index (κ1) is 10.8. The summed E-state index contributed by atoms with van der Waals surface area (Å²) >= 11 is 0. The molecule has 0 amide bonds. The van der Waals surface area contributed by atoms with E-state index in [0.29, 0.717) is 11.6 Å². The second kappa shape index (κ2) is 4.90. The summed E-state index contributed by atoms with van der Waals surface area (Å²) in [6.45, 7) is 2.73. The molecule has 2 rings (SSSR count). The van der Waals surface area contributed by atoms with Crippen molar-refractivity contribution in [2.24, 2.45) is 5.92 Å². The summed E-state index contributed by atoms with van der Waals surface area (Å²) < 4.78 is 5.14. The first-order valence-electron chi connectivity index (χ1n) is 5.29. The molecule has 1 aromatic heterocycles. The first-order valence-corrected chi connectivity index (χ1v) is 5.29. The number of anilines is 1. The molecule has 1 aromatic rings. The van der Waals surface area contributed by atoms with E-state index in [4.69, 9.17) is 10.00 Å². The fourth-order valence-electron chi connectivity index (χ4n) is 1.95. The van der Waals surface area contributed by atoms with Gasteiger partial charge >= 0.3 is 0 Å². The third-order valence-electron chi connectivity index (χ3n) is 2.76. The van der Waals surface area contributed by atoms with Gasteiger partial charge in [0.05, 0.1) is 19.0 Å². The minimum absolute atomic E-state index is 0.358. The van der Waals surface area contributed by atoms with Crippen molar-refractivity contribution in [2.75, 3.05) is 31.7 Å². The summed E-state index contributed by atoms with van der Waals surface area (Å²) in [6.07, 6.45) is 4.29. The standard InChI is InChI=1S/C11H14N4O/c1-16-8-9-2-3-15(7-9)11-6-13-10(4-12)5-14-11/h5-6,9H,2-3,7-8H2,1H3. The minimum atomic E-state index is 0.358. The van der Waals surface area contributed by atoms with Gasteiger partial charge in [0.1, 0.15) is 11.9 Å². The van der Waals surface area contributed by atoms with E-state index in [9.17, 15) is 0 Å². The number of nitriles is 1. The van der Waals surface area contributed by atoms with Gasteiger partial charge in [0.15, 0.2) is 5.69 Å². The lowest BCUT2D eigenvalue weighted by atomic mass is 10.1. The van der Waals surface area contributed by atoms with Gasteiger partial charge in [-0.2, -0.15) is 5.26 Å². The molecule has 0 N–H and O–H groups in total. The van der Waals surface area contributed by atoms with Gasteiger partial charge in [-0.25, -0.2) is 9.97 Å². The van der Waals surface area contributed by atoms with Crippen LogP contribution in [-0.2, 0) is 4.74 Å². The Hall–Kier alpha value is -1.67. The van der Waals surface area contributed by atoms with Crippen LogP contribution in [0.3, 0.4) is 0 Å². The van der Waals surface area contributed by atoms with E-state index in [2.05, 4.69) is 14.9 Å². The second-order valence-electron chi connectivity index (χ2n) is 3.93. The lowest BCUT2D eigenvalue weighted by molar-refractivity contribution is 0.161. The van der Waals surface area contributed by atoms with E-state index in [1.807, 2.05) is 6.07 Å². The van der Waals surface area contributed by atoms with Crippen LogP contribution in [0.4, 0.5) is 5.82 Å². The molecule has 2 heterocycles. The van der Waals surface area contributed by atoms with Gasteiger partial charge in [-0.1, -0.05) is 0 Å². The maximum atomic E-state index is 8.62. The summed E-state index contributed by atoms with van der Waals surface area (Å²) in [4.78, 5) is 10.4. The second-order valence-corrected chi connectivity index (χ2v) is 3.93. The van der Waals surface area contributed by atoms with Gasteiger partial charge in [0, 0.05) is 26.1 Å². The average molecular weight is 218 g/mol. The van der Waals surface area contributed by atoms with E-state index < -0.39 is 0 Å². The average Bonchev–Trinajstić information content (AvgIpc) is 2.78. The van der Waals surface area contributed by atoms with Gasteiger partial charge in [-0.3, -0.25) is 0 Å². The van der Waals surface area contributed by atoms with Gasteiger partial charge in [-0.15, -0.1) is 0 Å². The smallest absolute Gasteiger partial charge is 0.158 e. The van der Waals surface area contributed by atoms with Gasteiger partial charge in [0.25, 0.3) is 0 Å². The number of hydrogen-bond acceptors (Lipinski definition) is 5. The largest absolute Gasteiger partial charge is 0.384 e. The molecular formula is C11H14N4O. The highest BCUT2D eigenvalue weighted by Crippen LogP contribution is 2.21. The maximum Gasteiger partial charge on any atom is 0.158 e.